The summed E-state index contributed by atoms with van der Waals surface area (Å²) < 4.78 is 0. The Morgan fingerprint density at radius 3 is 2.45 bits per heavy atom. The van der Waals surface area contributed by atoms with Crippen LogP contribution in [-0.4, -0.2) is 4.92 Å². The van der Waals surface area contributed by atoms with Crippen molar-refractivity contribution in [3.05, 3.63) is 69.2 Å². The quantitative estimate of drug-likeness (QED) is 0.635. The summed E-state index contributed by atoms with van der Waals surface area (Å²) in [7, 11) is 0. The predicted molar refractivity (Wildman–Crippen MR) is 81.2 cm³/mol. The zero-order valence-electron chi connectivity index (χ0n) is 11.0. The van der Waals surface area contributed by atoms with Crippen LogP contribution in [0, 0.1) is 10.1 Å². The highest BCUT2D eigenvalue weighted by atomic mass is 35.5. The Labute approximate surface area is 122 Å². The van der Waals surface area contributed by atoms with Crippen LogP contribution < -0.4 is 5.32 Å². The van der Waals surface area contributed by atoms with Gasteiger partial charge >= 0.3 is 0 Å². The Balaban J connectivity index is 2.27. The number of nitrogens with one attached hydrogen (secondary N) is 1. The topological polar surface area (TPSA) is 55.2 Å². The summed E-state index contributed by atoms with van der Waals surface area (Å²) in [6.45, 7) is 2.03. The molecule has 104 valence electrons. The van der Waals surface area contributed by atoms with E-state index in [1.807, 2.05) is 31.2 Å². The lowest BCUT2D eigenvalue weighted by atomic mass is 10.0. The van der Waals surface area contributed by atoms with E-state index in [0.717, 1.165) is 12.0 Å². The van der Waals surface area contributed by atoms with Gasteiger partial charge in [-0.05, 0) is 30.2 Å². The molecule has 4 nitrogen and oxygen atoms in total. The number of anilines is 1. The lowest BCUT2D eigenvalue weighted by molar-refractivity contribution is -0.384. The molecule has 1 unspecified atom stereocenters. The molecule has 0 aliphatic rings. The molecule has 1 N–H and O–H groups in total. The third-order valence-electron chi connectivity index (χ3n) is 3.11. The zero-order chi connectivity index (χ0) is 14.5. The maximum atomic E-state index is 11.0. The van der Waals surface area contributed by atoms with E-state index in [1.54, 1.807) is 18.2 Å². The minimum atomic E-state index is -0.378. The molecule has 0 amide bonds. The van der Waals surface area contributed by atoms with Crippen LogP contribution in [0.4, 0.5) is 11.4 Å². The molecule has 2 aromatic rings. The number of hydrogen-bond acceptors (Lipinski definition) is 3. The van der Waals surface area contributed by atoms with E-state index in [0.29, 0.717) is 10.7 Å². The van der Waals surface area contributed by atoms with Crippen molar-refractivity contribution in [3.8, 4) is 0 Å². The molecule has 2 rings (SSSR count). The van der Waals surface area contributed by atoms with Gasteiger partial charge in [0.05, 0.1) is 11.0 Å². The fourth-order valence-electron chi connectivity index (χ4n) is 2.06. The monoisotopic (exact) mass is 290 g/mol. The number of hydrogen-bond donors (Lipinski definition) is 1. The van der Waals surface area contributed by atoms with Crippen molar-refractivity contribution in [2.24, 2.45) is 0 Å². The number of rotatable bonds is 5. The summed E-state index contributed by atoms with van der Waals surface area (Å²) in [4.78, 5) is 10.6. The van der Waals surface area contributed by atoms with Gasteiger partial charge in [-0.15, -0.1) is 0 Å². The van der Waals surface area contributed by atoms with Crippen molar-refractivity contribution in [1.29, 1.82) is 0 Å². The van der Waals surface area contributed by atoms with E-state index in [1.165, 1.54) is 6.07 Å². The van der Waals surface area contributed by atoms with Crippen molar-refractivity contribution in [3.63, 3.8) is 0 Å². The van der Waals surface area contributed by atoms with Crippen LogP contribution in [0.1, 0.15) is 24.9 Å². The molecule has 0 saturated carbocycles. The Kier molecular flexibility index (Phi) is 4.58. The second-order valence-electron chi connectivity index (χ2n) is 4.43. The molecule has 0 bridgehead atoms. The van der Waals surface area contributed by atoms with Crippen molar-refractivity contribution in [2.45, 2.75) is 19.4 Å². The van der Waals surface area contributed by atoms with Gasteiger partial charge in [0.15, 0.2) is 0 Å². The molecule has 5 heteroatoms. The van der Waals surface area contributed by atoms with Gasteiger partial charge in [0, 0.05) is 11.1 Å². The first-order valence-corrected chi connectivity index (χ1v) is 6.75. The van der Waals surface area contributed by atoms with Gasteiger partial charge in [-0.1, -0.05) is 42.8 Å². The maximum absolute atomic E-state index is 11.0. The van der Waals surface area contributed by atoms with Gasteiger partial charge in [0.25, 0.3) is 5.69 Å². The van der Waals surface area contributed by atoms with Crippen LogP contribution in [0.5, 0.6) is 0 Å². The van der Waals surface area contributed by atoms with Gasteiger partial charge < -0.3 is 5.32 Å². The van der Waals surface area contributed by atoms with Gasteiger partial charge in [-0.2, -0.15) is 0 Å². The normalized spacial score (nSPS) is 11.9. The smallest absolute Gasteiger partial charge is 0.292 e. The minimum absolute atomic E-state index is 0.00775. The number of nitrogens with zero attached hydrogens (tertiary/aromatic N) is 1. The molecule has 0 aromatic heterocycles. The van der Waals surface area contributed by atoms with Crippen LogP contribution in [0.15, 0.2) is 48.5 Å². The molecule has 0 aliphatic carbocycles. The largest absolute Gasteiger partial charge is 0.373 e. The predicted octanol–water partition coefficient (Wildman–Crippen LogP) is 4.81. The summed E-state index contributed by atoms with van der Waals surface area (Å²) in [5.74, 6) is 0. The summed E-state index contributed by atoms with van der Waals surface area (Å²) in [5, 5.41) is 14.9. The van der Waals surface area contributed by atoms with Gasteiger partial charge in [-0.3, -0.25) is 10.1 Å². The fraction of sp³-hybridized carbons (Fsp3) is 0.200. The van der Waals surface area contributed by atoms with E-state index in [-0.39, 0.29) is 16.7 Å². The Hall–Kier alpha value is -2.07. The molecular formula is C15H15ClN2O2. The molecule has 0 heterocycles. The zero-order valence-corrected chi connectivity index (χ0v) is 11.8. The van der Waals surface area contributed by atoms with E-state index in [2.05, 4.69) is 5.32 Å². The summed E-state index contributed by atoms with van der Waals surface area (Å²) in [6, 6.07) is 14.2. The Morgan fingerprint density at radius 2 is 1.85 bits per heavy atom. The van der Waals surface area contributed by atoms with Crippen LogP contribution >= 0.6 is 11.6 Å². The van der Waals surface area contributed by atoms with Crippen molar-refractivity contribution in [1.82, 2.24) is 0 Å². The van der Waals surface area contributed by atoms with E-state index in [9.17, 15) is 10.1 Å². The van der Waals surface area contributed by atoms with Gasteiger partial charge in [0.1, 0.15) is 5.69 Å². The average molecular weight is 291 g/mol. The molecular weight excluding hydrogens is 276 g/mol. The van der Waals surface area contributed by atoms with Gasteiger partial charge in [-0.25, -0.2) is 0 Å². The fourth-order valence-corrected chi connectivity index (χ4v) is 2.18. The first kappa shape index (κ1) is 14.3. The Morgan fingerprint density at radius 1 is 1.20 bits per heavy atom. The lowest BCUT2D eigenvalue weighted by Crippen LogP contribution is -2.10. The SMILES string of the molecule is CCC(Nc1ccccc1[N+](=O)[O-])c1ccc(Cl)cc1. The molecule has 0 spiro atoms. The van der Waals surface area contributed by atoms with Crippen molar-refractivity contribution < 1.29 is 4.92 Å². The van der Waals surface area contributed by atoms with Crippen LogP contribution in [0.2, 0.25) is 5.02 Å². The third-order valence-corrected chi connectivity index (χ3v) is 3.36. The molecule has 20 heavy (non-hydrogen) atoms. The van der Waals surface area contributed by atoms with Crippen LogP contribution in [0.3, 0.4) is 0 Å². The summed E-state index contributed by atoms with van der Waals surface area (Å²) in [6.07, 6.45) is 0.813. The average Bonchev–Trinajstić information content (AvgIpc) is 2.46. The van der Waals surface area contributed by atoms with Crippen LogP contribution in [0.25, 0.3) is 0 Å². The summed E-state index contributed by atoms with van der Waals surface area (Å²) in [5.41, 5.74) is 1.66. The van der Waals surface area contributed by atoms with Gasteiger partial charge in [0.2, 0.25) is 0 Å². The lowest BCUT2D eigenvalue weighted by Gasteiger charge is -2.18. The molecule has 0 radical (unpaired) electrons. The molecule has 0 fully saturated rings. The maximum Gasteiger partial charge on any atom is 0.292 e. The first-order chi connectivity index (χ1) is 9.61. The number of para-hydroxylation sites is 2. The number of benzene rings is 2. The second kappa shape index (κ2) is 6.39. The van der Waals surface area contributed by atoms with E-state index < -0.39 is 0 Å². The second-order valence-corrected chi connectivity index (χ2v) is 4.87. The van der Waals surface area contributed by atoms with E-state index >= 15 is 0 Å². The minimum Gasteiger partial charge on any atom is -0.373 e. The number of nitro groups is 1. The number of nitro benzene ring substituents is 1. The molecule has 0 saturated heterocycles. The molecule has 2 aromatic carbocycles. The highest BCUT2D eigenvalue weighted by molar-refractivity contribution is 6.30. The molecule has 1 atom stereocenters. The van der Waals surface area contributed by atoms with Crippen molar-refractivity contribution in [2.75, 3.05) is 5.32 Å². The first-order valence-electron chi connectivity index (χ1n) is 6.37. The van der Waals surface area contributed by atoms with Crippen molar-refractivity contribution >= 4 is 23.0 Å². The number of halogens is 1. The molecule has 0 aliphatic heterocycles. The highest BCUT2D eigenvalue weighted by Crippen LogP contribution is 2.29. The third kappa shape index (κ3) is 3.27. The summed E-state index contributed by atoms with van der Waals surface area (Å²) >= 11 is 5.88. The highest BCUT2D eigenvalue weighted by Gasteiger charge is 2.16. The van der Waals surface area contributed by atoms with Crippen LogP contribution in [-0.2, 0) is 0 Å². The van der Waals surface area contributed by atoms with E-state index in [4.69, 9.17) is 11.6 Å². The Bertz CT molecular complexity index is 599. The standard InChI is InChI=1S/C15H15ClN2O2/c1-2-13(11-7-9-12(16)10-8-11)17-14-5-3-4-6-15(14)18(19)20/h3-10,13,17H,2H2,1H3.